The number of aromatic nitrogens is 1. The average Bonchev–Trinajstić information content (AvgIpc) is 3.24. The largest absolute Gasteiger partial charge is 0.435 e. The molecule has 6 nitrogen and oxygen atoms in total. The molecule has 1 aliphatic heterocycles. The van der Waals surface area contributed by atoms with Crippen LogP contribution >= 0.6 is 23.7 Å². The van der Waals surface area contributed by atoms with E-state index in [2.05, 4.69) is 15.0 Å². The van der Waals surface area contributed by atoms with Crippen molar-refractivity contribution in [1.29, 1.82) is 0 Å². The van der Waals surface area contributed by atoms with Crippen LogP contribution in [-0.4, -0.2) is 36.3 Å². The summed E-state index contributed by atoms with van der Waals surface area (Å²) in [6, 6.07) is 6.14. The predicted molar refractivity (Wildman–Crippen MR) is 97.0 cm³/mol. The van der Waals surface area contributed by atoms with Crippen molar-refractivity contribution in [2.75, 3.05) is 11.9 Å². The third-order valence-corrected chi connectivity index (χ3v) is 4.53. The molecule has 0 unspecified atom stereocenters. The van der Waals surface area contributed by atoms with Crippen LogP contribution in [0.3, 0.4) is 0 Å². The van der Waals surface area contributed by atoms with E-state index in [1.807, 2.05) is 0 Å². The van der Waals surface area contributed by atoms with Gasteiger partial charge in [-0.25, -0.2) is 4.98 Å². The standard InChI is InChI=1S/C16H17F2N3O3S.ClH/c17-15(18)24-10-3-1-9(2-4-10)12-8-25-16(20-12)21-14(22)13-6-5-11(7-19)23-13;/h1-4,8,11,13,15H,5-7,19H2,(H,20,21,22);1H/t11-,13+;/m1./s1. The number of rotatable bonds is 6. The van der Waals surface area contributed by atoms with Gasteiger partial charge in [-0.3, -0.25) is 10.1 Å². The monoisotopic (exact) mass is 405 g/mol. The Morgan fingerprint density at radius 3 is 2.73 bits per heavy atom. The number of ether oxygens (including phenoxy) is 2. The Balaban J connectivity index is 0.00000243. The summed E-state index contributed by atoms with van der Waals surface area (Å²) >= 11 is 1.28. The van der Waals surface area contributed by atoms with Gasteiger partial charge in [-0.05, 0) is 37.1 Å². The second-order valence-electron chi connectivity index (χ2n) is 5.49. The number of carbonyl (C=O) groups is 1. The molecule has 0 spiro atoms. The molecule has 142 valence electrons. The van der Waals surface area contributed by atoms with E-state index in [0.717, 1.165) is 12.0 Å². The summed E-state index contributed by atoms with van der Waals surface area (Å²) in [7, 11) is 0. The van der Waals surface area contributed by atoms with E-state index in [1.54, 1.807) is 17.5 Å². The van der Waals surface area contributed by atoms with Gasteiger partial charge >= 0.3 is 6.61 Å². The van der Waals surface area contributed by atoms with E-state index in [-0.39, 0.29) is 30.2 Å². The van der Waals surface area contributed by atoms with Crippen molar-refractivity contribution in [3.8, 4) is 17.0 Å². The molecular formula is C16H18ClF2N3O3S. The van der Waals surface area contributed by atoms with Crippen molar-refractivity contribution in [2.45, 2.75) is 31.7 Å². The SMILES string of the molecule is Cl.NC[C@H]1CC[C@@H](C(=O)Nc2nc(-c3ccc(OC(F)F)cc3)cs2)O1. The maximum absolute atomic E-state index is 12.2. The summed E-state index contributed by atoms with van der Waals surface area (Å²) in [5.41, 5.74) is 6.91. The molecule has 1 saturated heterocycles. The Hall–Kier alpha value is -1.81. The number of thiazole rings is 1. The molecule has 1 amide bonds. The molecule has 2 aromatic rings. The highest BCUT2D eigenvalue weighted by molar-refractivity contribution is 7.14. The minimum atomic E-state index is -2.86. The first-order valence-corrected chi connectivity index (χ1v) is 8.60. The van der Waals surface area contributed by atoms with Gasteiger partial charge in [-0.1, -0.05) is 0 Å². The summed E-state index contributed by atoms with van der Waals surface area (Å²) in [4.78, 5) is 16.5. The number of benzene rings is 1. The third-order valence-electron chi connectivity index (χ3n) is 3.77. The van der Waals surface area contributed by atoms with E-state index in [0.29, 0.717) is 23.8 Å². The molecule has 0 saturated carbocycles. The highest BCUT2D eigenvalue weighted by Gasteiger charge is 2.30. The molecule has 0 bridgehead atoms. The Morgan fingerprint density at radius 2 is 2.12 bits per heavy atom. The second kappa shape index (κ2) is 9.22. The molecule has 1 aromatic carbocycles. The number of nitrogens with zero attached hydrogens (tertiary/aromatic N) is 1. The first-order valence-electron chi connectivity index (χ1n) is 7.72. The van der Waals surface area contributed by atoms with Gasteiger partial charge in [0.15, 0.2) is 5.13 Å². The van der Waals surface area contributed by atoms with E-state index >= 15 is 0 Å². The molecule has 3 N–H and O–H groups in total. The molecule has 2 atom stereocenters. The lowest BCUT2D eigenvalue weighted by atomic mass is 10.2. The van der Waals surface area contributed by atoms with Gasteiger partial charge in [0.1, 0.15) is 11.9 Å². The number of hydrogen-bond donors (Lipinski definition) is 2. The van der Waals surface area contributed by atoms with Crippen molar-refractivity contribution in [3.05, 3.63) is 29.6 Å². The van der Waals surface area contributed by atoms with Crippen molar-refractivity contribution < 1.29 is 23.0 Å². The third kappa shape index (κ3) is 5.10. The lowest BCUT2D eigenvalue weighted by Gasteiger charge is -2.11. The Bertz CT molecular complexity index is 730. The first-order chi connectivity index (χ1) is 12.0. The van der Waals surface area contributed by atoms with E-state index < -0.39 is 12.7 Å². The normalized spacial score (nSPS) is 19.2. The highest BCUT2D eigenvalue weighted by atomic mass is 35.5. The van der Waals surface area contributed by atoms with Gasteiger partial charge in [0, 0.05) is 17.5 Å². The number of nitrogens with two attached hydrogens (primary N) is 1. The van der Waals surface area contributed by atoms with Crippen LogP contribution in [0.4, 0.5) is 13.9 Å². The fourth-order valence-corrected chi connectivity index (χ4v) is 3.25. The Morgan fingerprint density at radius 1 is 1.38 bits per heavy atom. The van der Waals surface area contributed by atoms with Gasteiger partial charge in [0.25, 0.3) is 5.91 Å². The summed E-state index contributed by atoms with van der Waals surface area (Å²) < 4.78 is 34.2. The number of nitrogens with one attached hydrogen (secondary N) is 1. The Kier molecular flexibility index (Phi) is 7.27. The molecular weight excluding hydrogens is 388 g/mol. The second-order valence-corrected chi connectivity index (χ2v) is 6.35. The zero-order valence-electron chi connectivity index (χ0n) is 13.6. The Labute approximate surface area is 159 Å². The minimum absolute atomic E-state index is 0. The van der Waals surface area contributed by atoms with E-state index in [9.17, 15) is 13.6 Å². The van der Waals surface area contributed by atoms with Crippen LogP contribution in [0.1, 0.15) is 12.8 Å². The molecule has 1 aliphatic rings. The number of anilines is 1. The van der Waals surface area contributed by atoms with Gasteiger partial charge in [-0.2, -0.15) is 8.78 Å². The molecule has 0 aliphatic carbocycles. The van der Waals surface area contributed by atoms with Crippen molar-refractivity contribution in [3.63, 3.8) is 0 Å². The van der Waals surface area contributed by atoms with Gasteiger partial charge in [0.05, 0.1) is 11.8 Å². The lowest BCUT2D eigenvalue weighted by molar-refractivity contribution is -0.126. The maximum atomic E-state index is 12.2. The number of carbonyl (C=O) groups excluding carboxylic acids is 1. The molecule has 10 heteroatoms. The number of halogens is 3. The van der Waals surface area contributed by atoms with Crippen LogP contribution in [0.25, 0.3) is 11.3 Å². The minimum Gasteiger partial charge on any atom is -0.435 e. The van der Waals surface area contributed by atoms with Crippen molar-refractivity contribution in [1.82, 2.24) is 4.98 Å². The van der Waals surface area contributed by atoms with Gasteiger partial charge in [0.2, 0.25) is 0 Å². The first kappa shape index (κ1) is 20.5. The zero-order valence-corrected chi connectivity index (χ0v) is 15.2. The molecule has 0 radical (unpaired) electrons. The van der Waals surface area contributed by atoms with Crippen LogP contribution in [-0.2, 0) is 9.53 Å². The lowest BCUT2D eigenvalue weighted by Crippen LogP contribution is -2.29. The molecule has 26 heavy (non-hydrogen) atoms. The smallest absolute Gasteiger partial charge is 0.387 e. The van der Waals surface area contributed by atoms with Crippen molar-refractivity contribution in [2.24, 2.45) is 5.73 Å². The number of amides is 1. The van der Waals surface area contributed by atoms with Gasteiger partial charge in [-0.15, -0.1) is 23.7 Å². The summed E-state index contributed by atoms with van der Waals surface area (Å²) in [5, 5.41) is 4.96. The molecule has 1 fully saturated rings. The van der Waals surface area contributed by atoms with Crippen molar-refractivity contribution >= 4 is 34.8 Å². The fourth-order valence-electron chi connectivity index (χ4n) is 2.53. The van der Waals surface area contributed by atoms with E-state index in [1.165, 1.54) is 23.5 Å². The maximum Gasteiger partial charge on any atom is 0.387 e. The summed E-state index contributed by atoms with van der Waals surface area (Å²) in [5.74, 6) is -0.159. The number of alkyl halides is 2. The predicted octanol–water partition coefficient (Wildman–Crippen LogP) is 3.28. The van der Waals surface area contributed by atoms with E-state index in [4.69, 9.17) is 10.5 Å². The number of hydrogen-bond acceptors (Lipinski definition) is 6. The van der Waals surface area contributed by atoms with Crippen LogP contribution in [0, 0.1) is 0 Å². The highest BCUT2D eigenvalue weighted by Crippen LogP contribution is 2.28. The summed E-state index contributed by atoms with van der Waals surface area (Å²) in [6.07, 6.45) is 0.825. The molecule has 2 heterocycles. The van der Waals surface area contributed by atoms with Crippen LogP contribution in [0.2, 0.25) is 0 Å². The van der Waals surface area contributed by atoms with Gasteiger partial charge < -0.3 is 15.2 Å². The summed E-state index contributed by atoms with van der Waals surface area (Å²) in [6.45, 7) is -2.46. The van der Waals surface area contributed by atoms with Crippen LogP contribution in [0.5, 0.6) is 5.75 Å². The topological polar surface area (TPSA) is 86.5 Å². The van der Waals surface area contributed by atoms with Crippen LogP contribution in [0.15, 0.2) is 29.6 Å². The van der Waals surface area contributed by atoms with Crippen LogP contribution < -0.4 is 15.8 Å². The fraction of sp³-hybridized carbons (Fsp3) is 0.375. The zero-order chi connectivity index (χ0) is 17.8. The molecule has 3 rings (SSSR count). The average molecular weight is 406 g/mol. The molecule has 1 aromatic heterocycles. The quantitative estimate of drug-likeness (QED) is 0.770.